The van der Waals surface area contributed by atoms with E-state index in [4.69, 9.17) is 27.7 Å². The smallest absolute Gasteiger partial charge is 0.160 e. The number of halogens is 2. The number of nitriles is 1. The van der Waals surface area contributed by atoms with Crippen molar-refractivity contribution in [1.29, 1.82) is 5.26 Å². The Morgan fingerprint density at radius 3 is 2.46 bits per heavy atom. The first-order valence-corrected chi connectivity index (χ1v) is 7.87. The number of rotatable bonds is 4. The zero-order chi connectivity index (χ0) is 16.9. The fraction of sp³-hybridized carbons (Fsp3) is 0.0556. The molecule has 0 unspecified atom stereocenters. The molecular formula is C18H11Cl2N3O. The van der Waals surface area contributed by atoms with Gasteiger partial charge in [0, 0.05) is 18.2 Å². The summed E-state index contributed by atoms with van der Waals surface area (Å²) in [5.74, 6) is 0.420. The molecule has 2 aromatic carbocycles. The summed E-state index contributed by atoms with van der Waals surface area (Å²) in [6.45, 7) is 0. The number of nitrogens with zero attached hydrogens (tertiary/aromatic N) is 3. The predicted octanol–water partition coefficient (Wildman–Crippen LogP) is 5.47. The van der Waals surface area contributed by atoms with Crippen molar-refractivity contribution in [3.05, 3.63) is 69.9 Å². The molecule has 0 saturated heterocycles. The van der Waals surface area contributed by atoms with Crippen LogP contribution < -0.4 is 0 Å². The lowest BCUT2D eigenvalue weighted by Gasteiger charge is -2.02. The number of aromatic nitrogens is 1. The highest BCUT2D eigenvalue weighted by Gasteiger charge is 2.20. The van der Waals surface area contributed by atoms with Crippen LogP contribution in [0.5, 0.6) is 0 Å². The summed E-state index contributed by atoms with van der Waals surface area (Å²) in [7, 11) is 0. The van der Waals surface area contributed by atoms with Crippen molar-refractivity contribution >= 4 is 35.1 Å². The van der Waals surface area contributed by atoms with Gasteiger partial charge in [0.2, 0.25) is 0 Å². The van der Waals surface area contributed by atoms with E-state index < -0.39 is 0 Å². The van der Waals surface area contributed by atoms with Crippen LogP contribution in [0.15, 0.2) is 58.0 Å². The Morgan fingerprint density at radius 2 is 1.79 bits per heavy atom. The van der Waals surface area contributed by atoms with E-state index >= 15 is 0 Å². The van der Waals surface area contributed by atoms with Crippen molar-refractivity contribution in [2.45, 2.75) is 6.42 Å². The number of hydrogen-bond acceptors (Lipinski definition) is 4. The zero-order valence-electron chi connectivity index (χ0n) is 12.4. The first kappa shape index (κ1) is 16.3. The van der Waals surface area contributed by atoms with Gasteiger partial charge in [0.05, 0.1) is 15.7 Å². The molecule has 3 rings (SSSR count). The molecule has 0 saturated carbocycles. The minimum Gasteiger partial charge on any atom is -0.359 e. The van der Waals surface area contributed by atoms with Crippen LogP contribution in [-0.4, -0.2) is 11.4 Å². The van der Waals surface area contributed by atoms with E-state index in [1.165, 1.54) is 0 Å². The molecule has 0 aliphatic carbocycles. The lowest BCUT2D eigenvalue weighted by Crippen LogP contribution is -1.89. The number of para-hydroxylation sites is 1. The van der Waals surface area contributed by atoms with Gasteiger partial charge in [-0.3, -0.25) is 4.99 Å². The lowest BCUT2D eigenvalue weighted by molar-refractivity contribution is 0.395. The number of hydrogen-bond donors (Lipinski definition) is 0. The van der Waals surface area contributed by atoms with Gasteiger partial charge in [-0.05, 0) is 24.3 Å². The summed E-state index contributed by atoms with van der Waals surface area (Å²) in [5, 5.41) is 14.3. The summed E-state index contributed by atoms with van der Waals surface area (Å²) in [6.07, 6.45) is 2.02. The van der Waals surface area contributed by atoms with E-state index in [0.29, 0.717) is 39.0 Å². The summed E-state index contributed by atoms with van der Waals surface area (Å²) >= 11 is 12.4. The molecule has 1 aromatic heterocycles. The Kier molecular flexibility index (Phi) is 4.95. The monoisotopic (exact) mass is 355 g/mol. The first-order valence-electron chi connectivity index (χ1n) is 7.11. The normalized spacial score (nSPS) is 10.9. The van der Waals surface area contributed by atoms with Crippen molar-refractivity contribution in [2.24, 2.45) is 4.99 Å². The first-order chi connectivity index (χ1) is 11.7. The van der Waals surface area contributed by atoms with Gasteiger partial charge < -0.3 is 4.52 Å². The fourth-order valence-electron chi connectivity index (χ4n) is 2.22. The maximum atomic E-state index is 9.47. The van der Waals surface area contributed by atoms with Crippen LogP contribution in [-0.2, 0) is 6.42 Å². The van der Waals surface area contributed by atoms with Gasteiger partial charge in [0.25, 0.3) is 0 Å². The van der Waals surface area contributed by atoms with E-state index in [0.717, 1.165) is 5.69 Å². The van der Waals surface area contributed by atoms with Crippen LogP contribution in [0.2, 0.25) is 10.0 Å². The highest BCUT2D eigenvalue weighted by Crippen LogP contribution is 2.36. The molecule has 0 amide bonds. The average Bonchev–Trinajstić information content (AvgIpc) is 2.98. The Bertz CT molecular complexity index is 907. The molecule has 0 fully saturated rings. The van der Waals surface area contributed by atoms with Gasteiger partial charge in [0.15, 0.2) is 5.76 Å². The quantitative estimate of drug-likeness (QED) is 0.583. The molecule has 4 nitrogen and oxygen atoms in total. The van der Waals surface area contributed by atoms with Crippen molar-refractivity contribution in [2.75, 3.05) is 0 Å². The Hall–Kier alpha value is -2.61. The van der Waals surface area contributed by atoms with Gasteiger partial charge >= 0.3 is 0 Å². The molecule has 1 heterocycles. The van der Waals surface area contributed by atoms with Crippen LogP contribution >= 0.6 is 23.2 Å². The van der Waals surface area contributed by atoms with E-state index in [1.54, 1.807) is 24.4 Å². The molecule has 3 aromatic rings. The van der Waals surface area contributed by atoms with Crippen molar-refractivity contribution < 1.29 is 4.52 Å². The standard InChI is InChI=1S/C18H11Cl2N3O/c19-14-7-4-8-15(20)17(14)18-13(11-21)16(24-23-18)9-10-22-12-5-2-1-3-6-12/h1-8,10H,9H2. The van der Waals surface area contributed by atoms with Crippen LogP contribution in [0.3, 0.4) is 0 Å². The summed E-state index contributed by atoms with van der Waals surface area (Å²) < 4.78 is 5.31. The minimum atomic E-state index is 0.310. The number of benzene rings is 2. The molecule has 0 aliphatic rings. The van der Waals surface area contributed by atoms with E-state index in [9.17, 15) is 5.26 Å². The van der Waals surface area contributed by atoms with Crippen molar-refractivity contribution in [3.63, 3.8) is 0 Å². The third kappa shape index (κ3) is 3.33. The molecule has 0 N–H and O–H groups in total. The van der Waals surface area contributed by atoms with Crippen LogP contribution in [0.25, 0.3) is 11.3 Å². The lowest BCUT2D eigenvalue weighted by atomic mass is 10.1. The molecule has 24 heavy (non-hydrogen) atoms. The Labute approximate surface area is 149 Å². The molecule has 0 bridgehead atoms. The van der Waals surface area contributed by atoms with Crippen molar-refractivity contribution in [1.82, 2.24) is 5.16 Å². The van der Waals surface area contributed by atoms with Crippen LogP contribution in [0.4, 0.5) is 5.69 Å². The molecule has 0 aliphatic heterocycles. The van der Waals surface area contributed by atoms with Gasteiger partial charge in [-0.2, -0.15) is 5.26 Å². The topological polar surface area (TPSA) is 62.2 Å². The van der Waals surface area contributed by atoms with Gasteiger partial charge in [-0.15, -0.1) is 0 Å². The highest BCUT2D eigenvalue weighted by molar-refractivity contribution is 6.39. The number of aliphatic imine (C=N–C) groups is 1. The second kappa shape index (κ2) is 7.31. The van der Waals surface area contributed by atoms with E-state index in [1.807, 2.05) is 30.3 Å². The third-order valence-corrected chi connectivity index (χ3v) is 3.98. The third-order valence-electron chi connectivity index (χ3n) is 3.35. The predicted molar refractivity (Wildman–Crippen MR) is 95.0 cm³/mol. The highest BCUT2D eigenvalue weighted by atomic mass is 35.5. The van der Waals surface area contributed by atoms with Gasteiger partial charge in [-0.1, -0.05) is 52.6 Å². The minimum absolute atomic E-state index is 0.310. The molecule has 0 atom stereocenters. The van der Waals surface area contributed by atoms with Gasteiger partial charge in [-0.25, -0.2) is 0 Å². The molecule has 0 radical (unpaired) electrons. The Balaban J connectivity index is 1.91. The summed E-state index contributed by atoms with van der Waals surface area (Å²) in [4.78, 5) is 4.32. The van der Waals surface area contributed by atoms with E-state index in [2.05, 4.69) is 16.2 Å². The molecule has 6 heteroatoms. The molecular weight excluding hydrogens is 345 g/mol. The van der Waals surface area contributed by atoms with Crippen LogP contribution in [0, 0.1) is 11.3 Å². The second-order valence-corrected chi connectivity index (χ2v) is 5.70. The second-order valence-electron chi connectivity index (χ2n) is 4.89. The Morgan fingerprint density at radius 1 is 1.08 bits per heavy atom. The maximum absolute atomic E-state index is 9.47. The van der Waals surface area contributed by atoms with Crippen LogP contribution in [0.1, 0.15) is 11.3 Å². The largest absolute Gasteiger partial charge is 0.359 e. The molecule has 0 spiro atoms. The molecule has 118 valence electrons. The zero-order valence-corrected chi connectivity index (χ0v) is 13.9. The summed E-state index contributed by atoms with van der Waals surface area (Å²) in [5.41, 5.74) is 1.97. The van der Waals surface area contributed by atoms with Gasteiger partial charge in [0.1, 0.15) is 17.3 Å². The average molecular weight is 356 g/mol. The van der Waals surface area contributed by atoms with Crippen molar-refractivity contribution in [3.8, 4) is 17.3 Å². The summed E-state index contributed by atoms with van der Waals surface area (Å²) in [6, 6.07) is 16.7. The SMILES string of the molecule is N#Cc1c(-c2c(Cl)cccc2Cl)noc1CC=Nc1ccccc1. The van der Waals surface area contributed by atoms with E-state index in [-0.39, 0.29) is 0 Å². The fourth-order valence-corrected chi connectivity index (χ4v) is 2.80. The maximum Gasteiger partial charge on any atom is 0.160 e.